The Labute approximate surface area is 144 Å². The molecule has 0 bridgehead atoms. The first kappa shape index (κ1) is 18.7. The third-order valence-corrected chi connectivity index (χ3v) is 4.85. The topological polar surface area (TPSA) is 140 Å². The SMILES string of the molecule is Cc1cc(C(=O)NCc2cc(C(=O)O)c(C)o2)cc(S(N)(=O)=O)c1C. The van der Waals surface area contributed by atoms with E-state index in [0.717, 1.165) is 0 Å². The predicted octanol–water partition coefficient (Wildman–Crippen LogP) is 1.48. The second-order valence-electron chi connectivity index (χ2n) is 5.63. The van der Waals surface area contributed by atoms with E-state index in [2.05, 4.69) is 5.32 Å². The average molecular weight is 366 g/mol. The molecule has 9 heteroatoms. The highest BCUT2D eigenvalue weighted by atomic mass is 32.2. The van der Waals surface area contributed by atoms with Crippen molar-refractivity contribution >= 4 is 21.9 Å². The number of hydrogen-bond acceptors (Lipinski definition) is 5. The van der Waals surface area contributed by atoms with Crippen LogP contribution >= 0.6 is 0 Å². The van der Waals surface area contributed by atoms with Gasteiger partial charge in [-0.3, -0.25) is 4.79 Å². The summed E-state index contributed by atoms with van der Waals surface area (Å²) in [7, 11) is -3.95. The minimum Gasteiger partial charge on any atom is -0.478 e. The molecule has 0 aliphatic carbocycles. The van der Waals surface area contributed by atoms with Gasteiger partial charge >= 0.3 is 5.97 Å². The van der Waals surface area contributed by atoms with Crippen molar-refractivity contribution in [2.75, 3.05) is 0 Å². The van der Waals surface area contributed by atoms with Crippen LogP contribution in [0.15, 0.2) is 27.5 Å². The second-order valence-corrected chi connectivity index (χ2v) is 7.16. The minimum absolute atomic E-state index is 0.0203. The fourth-order valence-electron chi connectivity index (χ4n) is 2.37. The van der Waals surface area contributed by atoms with E-state index in [1.54, 1.807) is 19.9 Å². The highest BCUT2D eigenvalue weighted by molar-refractivity contribution is 7.89. The van der Waals surface area contributed by atoms with Crippen molar-refractivity contribution < 1.29 is 27.5 Å². The van der Waals surface area contributed by atoms with E-state index in [0.29, 0.717) is 11.1 Å². The number of aryl methyl sites for hydroxylation is 2. The molecule has 1 amide bonds. The van der Waals surface area contributed by atoms with Crippen molar-refractivity contribution in [3.05, 3.63) is 52.0 Å². The molecule has 134 valence electrons. The van der Waals surface area contributed by atoms with Crippen LogP contribution in [0.4, 0.5) is 0 Å². The van der Waals surface area contributed by atoms with Crippen LogP contribution in [0.1, 0.15) is 43.4 Å². The summed E-state index contributed by atoms with van der Waals surface area (Å²) < 4.78 is 28.6. The summed E-state index contributed by atoms with van der Waals surface area (Å²) in [6.07, 6.45) is 0. The number of carboxylic acid groups (broad SMARTS) is 1. The number of furan rings is 1. The first-order chi connectivity index (χ1) is 11.5. The number of sulfonamides is 1. The minimum atomic E-state index is -3.95. The molecule has 0 saturated heterocycles. The Morgan fingerprint density at radius 3 is 2.36 bits per heavy atom. The molecule has 1 heterocycles. The highest BCUT2D eigenvalue weighted by Crippen LogP contribution is 2.20. The molecule has 0 fully saturated rings. The zero-order chi connectivity index (χ0) is 18.9. The molecule has 1 aromatic carbocycles. The molecule has 1 aromatic heterocycles. The number of nitrogens with two attached hydrogens (primary N) is 1. The van der Waals surface area contributed by atoms with Gasteiger partial charge in [-0.1, -0.05) is 0 Å². The Morgan fingerprint density at radius 1 is 1.20 bits per heavy atom. The lowest BCUT2D eigenvalue weighted by Crippen LogP contribution is -2.24. The van der Waals surface area contributed by atoms with Crippen LogP contribution in [0.3, 0.4) is 0 Å². The smallest absolute Gasteiger partial charge is 0.339 e. The highest BCUT2D eigenvalue weighted by Gasteiger charge is 2.18. The van der Waals surface area contributed by atoms with E-state index in [-0.39, 0.29) is 34.1 Å². The van der Waals surface area contributed by atoms with Gasteiger partial charge in [0.15, 0.2) is 0 Å². The van der Waals surface area contributed by atoms with Crippen LogP contribution in [-0.2, 0) is 16.6 Å². The number of carbonyl (C=O) groups is 2. The van der Waals surface area contributed by atoms with Crippen LogP contribution in [0.5, 0.6) is 0 Å². The maximum absolute atomic E-state index is 12.3. The lowest BCUT2D eigenvalue weighted by Gasteiger charge is -2.10. The largest absolute Gasteiger partial charge is 0.478 e. The molecular weight excluding hydrogens is 348 g/mol. The van der Waals surface area contributed by atoms with Crippen LogP contribution in [0, 0.1) is 20.8 Å². The Bertz CT molecular complexity index is 959. The summed E-state index contributed by atoms with van der Waals surface area (Å²) in [4.78, 5) is 23.1. The predicted molar refractivity (Wildman–Crippen MR) is 88.9 cm³/mol. The van der Waals surface area contributed by atoms with Gasteiger partial charge in [-0.2, -0.15) is 0 Å². The number of primary sulfonamides is 1. The van der Waals surface area contributed by atoms with Gasteiger partial charge in [0.25, 0.3) is 5.91 Å². The van der Waals surface area contributed by atoms with Crippen molar-refractivity contribution in [3.8, 4) is 0 Å². The Kier molecular flexibility index (Phi) is 5.00. The van der Waals surface area contributed by atoms with Crippen molar-refractivity contribution in [1.82, 2.24) is 5.32 Å². The van der Waals surface area contributed by atoms with Crippen molar-refractivity contribution in [2.45, 2.75) is 32.2 Å². The Balaban J connectivity index is 2.23. The van der Waals surface area contributed by atoms with Gasteiger partial charge < -0.3 is 14.8 Å². The van der Waals surface area contributed by atoms with E-state index >= 15 is 0 Å². The van der Waals surface area contributed by atoms with Crippen LogP contribution in [-0.4, -0.2) is 25.4 Å². The molecule has 2 aromatic rings. The zero-order valence-corrected chi connectivity index (χ0v) is 14.7. The second kappa shape index (κ2) is 6.69. The summed E-state index contributed by atoms with van der Waals surface area (Å²) in [6.45, 7) is 4.76. The van der Waals surface area contributed by atoms with Crippen molar-refractivity contribution in [3.63, 3.8) is 0 Å². The molecule has 0 saturated carbocycles. The van der Waals surface area contributed by atoms with Crippen LogP contribution < -0.4 is 10.5 Å². The molecule has 0 spiro atoms. The molecule has 0 aliphatic heterocycles. The zero-order valence-electron chi connectivity index (χ0n) is 13.9. The maximum Gasteiger partial charge on any atom is 0.339 e. The fourth-order valence-corrected chi connectivity index (χ4v) is 3.25. The lowest BCUT2D eigenvalue weighted by atomic mass is 10.1. The molecule has 0 aliphatic rings. The van der Waals surface area contributed by atoms with Gasteiger partial charge in [0.1, 0.15) is 17.1 Å². The number of hydrogen-bond donors (Lipinski definition) is 3. The van der Waals surface area contributed by atoms with E-state index in [1.807, 2.05) is 0 Å². The normalized spacial score (nSPS) is 11.4. The first-order valence-corrected chi connectivity index (χ1v) is 8.80. The van der Waals surface area contributed by atoms with Gasteiger partial charge in [0.05, 0.1) is 11.4 Å². The molecule has 2 rings (SSSR count). The number of carbonyl (C=O) groups excluding carboxylic acids is 1. The summed E-state index contributed by atoms with van der Waals surface area (Å²) >= 11 is 0. The molecule has 0 atom stereocenters. The number of amides is 1. The van der Waals surface area contributed by atoms with E-state index in [1.165, 1.54) is 19.1 Å². The van der Waals surface area contributed by atoms with Gasteiger partial charge in [0.2, 0.25) is 10.0 Å². The van der Waals surface area contributed by atoms with Gasteiger partial charge in [-0.25, -0.2) is 18.4 Å². The summed E-state index contributed by atoms with van der Waals surface area (Å²) in [6, 6.07) is 4.09. The Morgan fingerprint density at radius 2 is 1.84 bits per heavy atom. The van der Waals surface area contributed by atoms with Crippen LogP contribution in [0.2, 0.25) is 0 Å². The van der Waals surface area contributed by atoms with E-state index in [4.69, 9.17) is 14.7 Å². The third kappa shape index (κ3) is 4.06. The molecular formula is C16H18N2O6S. The average Bonchev–Trinajstić information content (AvgIpc) is 2.87. The molecule has 25 heavy (non-hydrogen) atoms. The summed E-state index contributed by atoms with van der Waals surface area (Å²) in [5, 5.41) is 16.7. The summed E-state index contributed by atoms with van der Waals surface area (Å²) in [5.74, 6) is -1.14. The number of rotatable bonds is 5. The molecule has 0 unspecified atom stereocenters. The molecule has 4 N–H and O–H groups in total. The van der Waals surface area contributed by atoms with Gasteiger partial charge in [-0.15, -0.1) is 0 Å². The lowest BCUT2D eigenvalue weighted by molar-refractivity contribution is 0.0694. The standard InChI is InChI=1S/C16H18N2O6S/c1-8-4-11(5-14(9(8)2)25(17,22)23)15(19)18-7-12-6-13(16(20)21)10(3)24-12/h4-6H,7H2,1-3H3,(H,18,19)(H,20,21)(H2,17,22,23). The van der Waals surface area contributed by atoms with E-state index < -0.39 is 21.9 Å². The number of carboxylic acids is 1. The summed E-state index contributed by atoms with van der Waals surface area (Å²) in [5.41, 5.74) is 1.24. The maximum atomic E-state index is 12.3. The number of aromatic carboxylic acids is 1. The molecule has 0 radical (unpaired) electrons. The first-order valence-electron chi connectivity index (χ1n) is 7.25. The van der Waals surface area contributed by atoms with E-state index in [9.17, 15) is 18.0 Å². The number of nitrogens with one attached hydrogen (secondary N) is 1. The Hall–Kier alpha value is -2.65. The quantitative estimate of drug-likeness (QED) is 0.732. The monoisotopic (exact) mass is 366 g/mol. The van der Waals surface area contributed by atoms with Gasteiger partial charge in [-0.05, 0) is 50.1 Å². The van der Waals surface area contributed by atoms with Gasteiger partial charge in [0, 0.05) is 5.56 Å². The molecule has 8 nitrogen and oxygen atoms in total. The fraction of sp³-hybridized carbons (Fsp3) is 0.250. The van der Waals surface area contributed by atoms with Crippen molar-refractivity contribution in [2.24, 2.45) is 5.14 Å². The van der Waals surface area contributed by atoms with Crippen LogP contribution in [0.25, 0.3) is 0 Å². The van der Waals surface area contributed by atoms with Crippen molar-refractivity contribution in [1.29, 1.82) is 0 Å². The number of benzene rings is 1. The third-order valence-electron chi connectivity index (χ3n) is 3.81.